The predicted octanol–water partition coefficient (Wildman–Crippen LogP) is 3.19. The Kier molecular flexibility index (Phi) is 8.05. The van der Waals surface area contributed by atoms with Crippen molar-refractivity contribution in [2.75, 3.05) is 39.5 Å². The molecule has 0 amide bonds. The van der Waals surface area contributed by atoms with Crippen molar-refractivity contribution in [1.82, 2.24) is 4.90 Å². The van der Waals surface area contributed by atoms with Gasteiger partial charge in [-0.2, -0.15) is 0 Å². The van der Waals surface area contributed by atoms with E-state index in [4.69, 9.17) is 9.47 Å². The van der Waals surface area contributed by atoms with Gasteiger partial charge in [0.1, 0.15) is 12.4 Å². The van der Waals surface area contributed by atoms with Crippen molar-refractivity contribution < 1.29 is 9.47 Å². The fourth-order valence-corrected chi connectivity index (χ4v) is 1.91. The van der Waals surface area contributed by atoms with E-state index in [9.17, 15) is 0 Å². The molecule has 1 aliphatic heterocycles. The Bertz CT molecular complexity index is 310. The van der Waals surface area contributed by atoms with Gasteiger partial charge in [-0.05, 0) is 24.3 Å². The van der Waals surface area contributed by atoms with Crippen molar-refractivity contribution >= 4 is 15.9 Å². The standard InChI is InChI=1S/C12H16BrNO2.C2H6/c13-11-1-3-12(4-2-11)16-10-7-14-5-8-15-9-6-14;1-2/h1-4H,5-10H2;1-2H3. The quantitative estimate of drug-likeness (QED) is 0.851. The van der Waals surface area contributed by atoms with E-state index in [1.54, 1.807) is 0 Å². The van der Waals surface area contributed by atoms with Crippen LogP contribution in [0.2, 0.25) is 0 Å². The maximum absolute atomic E-state index is 5.66. The van der Waals surface area contributed by atoms with Gasteiger partial charge in [-0.15, -0.1) is 0 Å². The van der Waals surface area contributed by atoms with E-state index in [0.717, 1.165) is 49.7 Å². The van der Waals surface area contributed by atoms with E-state index in [1.165, 1.54) is 0 Å². The number of benzene rings is 1. The van der Waals surface area contributed by atoms with Crippen LogP contribution in [0, 0.1) is 0 Å². The molecule has 1 aromatic rings. The lowest BCUT2D eigenvalue weighted by molar-refractivity contribution is 0.0322. The fraction of sp³-hybridized carbons (Fsp3) is 0.571. The van der Waals surface area contributed by atoms with Crippen LogP contribution in [0.1, 0.15) is 13.8 Å². The highest BCUT2D eigenvalue weighted by atomic mass is 79.9. The maximum Gasteiger partial charge on any atom is 0.119 e. The van der Waals surface area contributed by atoms with Gasteiger partial charge < -0.3 is 9.47 Å². The van der Waals surface area contributed by atoms with Crippen molar-refractivity contribution in [2.24, 2.45) is 0 Å². The fourth-order valence-electron chi connectivity index (χ4n) is 1.65. The molecule has 1 aromatic carbocycles. The summed E-state index contributed by atoms with van der Waals surface area (Å²) in [5.74, 6) is 0.927. The second-order valence-electron chi connectivity index (χ2n) is 3.76. The molecule has 2 rings (SSSR count). The Morgan fingerprint density at radius 1 is 1.17 bits per heavy atom. The number of morpholine rings is 1. The molecule has 1 fully saturated rings. The van der Waals surface area contributed by atoms with E-state index in [0.29, 0.717) is 0 Å². The van der Waals surface area contributed by atoms with Gasteiger partial charge >= 0.3 is 0 Å². The Morgan fingerprint density at radius 2 is 1.78 bits per heavy atom. The van der Waals surface area contributed by atoms with Gasteiger partial charge in [0, 0.05) is 24.1 Å². The van der Waals surface area contributed by atoms with E-state index in [2.05, 4.69) is 20.8 Å². The van der Waals surface area contributed by atoms with Gasteiger partial charge in [0.2, 0.25) is 0 Å². The Labute approximate surface area is 118 Å². The Morgan fingerprint density at radius 3 is 2.39 bits per heavy atom. The van der Waals surface area contributed by atoms with Crippen LogP contribution in [0.3, 0.4) is 0 Å². The van der Waals surface area contributed by atoms with Crippen molar-refractivity contribution in [3.8, 4) is 5.75 Å². The summed E-state index contributed by atoms with van der Waals surface area (Å²) in [6, 6.07) is 7.93. The molecule has 4 heteroatoms. The average Bonchev–Trinajstić information content (AvgIpc) is 2.44. The first kappa shape index (κ1) is 15.5. The topological polar surface area (TPSA) is 21.7 Å². The van der Waals surface area contributed by atoms with Crippen LogP contribution in [-0.4, -0.2) is 44.4 Å². The zero-order valence-electron chi connectivity index (χ0n) is 11.2. The summed E-state index contributed by atoms with van der Waals surface area (Å²) in [7, 11) is 0. The molecule has 0 saturated carbocycles. The molecule has 0 radical (unpaired) electrons. The van der Waals surface area contributed by atoms with E-state index in [1.807, 2.05) is 38.1 Å². The Balaban J connectivity index is 0.000000771. The molecule has 1 heterocycles. The number of hydrogen-bond donors (Lipinski definition) is 0. The molecule has 0 bridgehead atoms. The molecule has 0 aliphatic carbocycles. The molecule has 0 atom stereocenters. The number of hydrogen-bond acceptors (Lipinski definition) is 3. The molecular formula is C14H22BrNO2. The van der Waals surface area contributed by atoms with Crippen molar-refractivity contribution in [2.45, 2.75) is 13.8 Å². The Hall–Kier alpha value is -0.580. The van der Waals surface area contributed by atoms with Gasteiger partial charge in [0.05, 0.1) is 13.2 Å². The van der Waals surface area contributed by atoms with Crippen LogP contribution in [-0.2, 0) is 4.74 Å². The number of halogens is 1. The molecule has 18 heavy (non-hydrogen) atoms. The summed E-state index contributed by atoms with van der Waals surface area (Å²) in [6.07, 6.45) is 0. The first-order chi connectivity index (χ1) is 8.84. The maximum atomic E-state index is 5.66. The lowest BCUT2D eigenvalue weighted by atomic mass is 10.3. The van der Waals surface area contributed by atoms with Crippen LogP contribution >= 0.6 is 15.9 Å². The highest BCUT2D eigenvalue weighted by Gasteiger charge is 2.09. The largest absolute Gasteiger partial charge is 0.492 e. The molecule has 1 saturated heterocycles. The predicted molar refractivity (Wildman–Crippen MR) is 78.2 cm³/mol. The van der Waals surface area contributed by atoms with Crippen LogP contribution in [0.25, 0.3) is 0 Å². The minimum atomic E-state index is 0.738. The molecule has 0 aromatic heterocycles. The number of nitrogens with zero attached hydrogens (tertiary/aromatic N) is 1. The van der Waals surface area contributed by atoms with Crippen molar-refractivity contribution in [3.63, 3.8) is 0 Å². The summed E-state index contributed by atoms with van der Waals surface area (Å²) in [6.45, 7) is 9.44. The van der Waals surface area contributed by atoms with E-state index in [-0.39, 0.29) is 0 Å². The van der Waals surface area contributed by atoms with Gasteiger partial charge in [0.25, 0.3) is 0 Å². The second kappa shape index (κ2) is 9.36. The third kappa shape index (κ3) is 5.85. The van der Waals surface area contributed by atoms with Gasteiger partial charge in [-0.1, -0.05) is 29.8 Å². The molecule has 3 nitrogen and oxygen atoms in total. The third-order valence-corrected chi connectivity index (χ3v) is 3.12. The molecule has 0 unspecified atom stereocenters. The van der Waals surface area contributed by atoms with Crippen molar-refractivity contribution in [1.29, 1.82) is 0 Å². The van der Waals surface area contributed by atoms with Gasteiger partial charge in [0.15, 0.2) is 0 Å². The van der Waals surface area contributed by atoms with Crippen LogP contribution in [0.5, 0.6) is 5.75 Å². The molecular weight excluding hydrogens is 294 g/mol. The van der Waals surface area contributed by atoms with Gasteiger partial charge in [-0.3, -0.25) is 4.90 Å². The van der Waals surface area contributed by atoms with Gasteiger partial charge in [-0.25, -0.2) is 0 Å². The lowest BCUT2D eigenvalue weighted by Gasteiger charge is -2.26. The average molecular weight is 316 g/mol. The minimum absolute atomic E-state index is 0.738. The summed E-state index contributed by atoms with van der Waals surface area (Å²) in [5.41, 5.74) is 0. The monoisotopic (exact) mass is 315 g/mol. The normalized spacial score (nSPS) is 15.7. The molecule has 0 spiro atoms. The summed E-state index contributed by atoms with van der Waals surface area (Å²) in [4.78, 5) is 2.36. The van der Waals surface area contributed by atoms with Crippen LogP contribution < -0.4 is 4.74 Å². The third-order valence-electron chi connectivity index (χ3n) is 2.59. The van der Waals surface area contributed by atoms with Crippen LogP contribution in [0.4, 0.5) is 0 Å². The number of ether oxygens (including phenoxy) is 2. The summed E-state index contributed by atoms with van der Waals surface area (Å²) in [5, 5.41) is 0. The first-order valence-corrected chi connectivity index (χ1v) is 7.32. The minimum Gasteiger partial charge on any atom is -0.492 e. The molecule has 0 N–H and O–H groups in total. The van der Waals surface area contributed by atoms with E-state index >= 15 is 0 Å². The SMILES string of the molecule is Brc1ccc(OCCN2CCOCC2)cc1.CC. The second-order valence-corrected chi connectivity index (χ2v) is 4.67. The lowest BCUT2D eigenvalue weighted by Crippen LogP contribution is -2.38. The summed E-state index contributed by atoms with van der Waals surface area (Å²) < 4.78 is 12.0. The first-order valence-electron chi connectivity index (χ1n) is 6.53. The smallest absolute Gasteiger partial charge is 0.119 e. The zero-order valence-corrected chi connectivity index (χ0v) is 12.8. The van der Waals surface area contributed by atoms with Crippen LogP contribution in [0.15, 0.2) is 28.7 Å². The zero-order chi connectivity index (χ0) is 13.2. The van der Waals surface area contributed by atoms with E-state index < -0.39 is 0 Å². The summed E-state index contributed by atoms with van der Waals surface area (Å²) >= 11 is 3.40. The molecule has 102 valence electrons. The highest BCUT2D eigenvalue weighted by Crippen LogP contribution is 2.15. The molecule has 1 aliphatic rings. The highest BCUT2D eigenvalue weighted by molar-refractivity contribution is 9.10. The number of rotatable bonds is 4. The van der Waals surface area contributed by atoms with Crippen molar-refractivity contribution in [3.05, 3.63) is 28.7 Å².